The van der Waals surface area contributed by atoms with Crippen LogP contribution in [0, 0.1) is 0 Å². The number of carbonyl (C=O) groups is 3. The minimum atomic E-state index is -0.567. The normalized spacial score (nSPS) is 9.81. The summed E-state index contributed by atoms with van der Waals surface area (Å²) in [6.07, 6.45) is 0. The monoisotopic (exact) mass is 371 g/mol. The van der Waals surface area contributed by atoms with Crippen molar-refractivity contribution >= 4 is 17.7 Å². The quantitative estimate of drug-likeness (QED) is 0.602. The smallest absolute Gasteiger partial charge is 0.269 e. The molecule has 0 fully saturated rings. The first-order chi connectivity index (χ1) is 13.1. The molecule has 8 heteroatoms. The van der Waals surface area contributed by atoms with Crippen LogP contribution in [0.3, 0.4) is 0 Å². The number of hydrazine groups is 1. The van der Waals surface area contributed by atoms with Gasteiger partial charge in [-0.3, -0.25) is 25.2 Å². The molecule has 0 unspecified atom stereocenters. The molecule has 0 heterocycles. The molecule has 0 aliphatic heterocycles. The minimum absolute atomic E-state index is 0.212. The maximum absolute atomic E-state index is 11.9. The molecule has 0 bridgehead atoms. The van der Waals surface area contributed by atoms with Gasteiger partial charge < -0.3 is 14.8 Å². The van der Waals surface area contributed by atoms with Crippen LogP contribution in [0.15, 0.2) is 54.6 Å². The van der Waals surface area contributed by atoms with Gasteiger partial charge in [0.1, 0.15) is 11.5 Å². The molecule has 2 aromatic carbocycles. The number of carbonyl (C=O) groups excluding carboxylic acids is 3. The number of amides is 3. The Bertz CT molecular complexity index is 763. The maximum atomic E-state index is 11.9. The van der Waals surface area contributed by atoms with Gasteiger partial charge in [-0.2, -0.15) is 0 Å². The summed E-state index contributed by atoms with van der Waals surface area (Å²) in [5.41, 5.74) is 4.85. The molecule has 27 heavy (non-hydrogen) atoms. The first kappa shape index (κ1) is 19.8. The molecule has 0 saturated carbocycles. The third-order valence-corrected chi connectivity index (χ3v) is 3.30. The summed E-state index contributed by atoms with van der Waals surface area (Å²) in [6.45, 7) is 1.89. The lowest BCUT2D eigenvalue weighted by Gasteiger charge is -2.09. The molecule has 0 atom stereocenters. The van der Waals surface area contributed by atoms with Crippen molar-refractivity contribution in [2.45, 2.75) is 6.92 Å². The van der Waals surface area contributed by atoms with Crippen molar-refractivity contribution in [3.63, 3.8) is 0 Å². The number of nitrogens with one attached hydrogen (secondary N) is 3. The highest BCUT2D eigenvalue weighted by Crippen LogP contribution is 2.11. The summed E-state index contributed by atoms with van der Waals surface area (Å²) in [6, 6.07) is 15.3. The molecule has 0 radical (unpaired) electrons. The average molecular weight is 371 g/mol. The molecular formula is C19H21N3O5. The summed E-state index contributed by atoms with van der Waals surface area (Å²) in [7, 11) is 0. The van der Waals surface area contributed by atoms with Gasteiger partial charge in [-0.15, -0.1) is 0 Å². The van der Waals surface area contributed by atoms with E-state index in [1.54, 1.807) is 48.5 Å². The predicted molar refractivity (Wildman–Crippen MR) is 98.2 cm³/mol. The number of hydrogen-bond acceptors (Lipinski definition) is 5. The molecule has 8 nitrogen and oxygen atoms in total. The Balaban J connectivity index is 1.66. The Morgan fingerprint density at radius 3 is 2.15 bits per heavy atom. The van der Waals surface area contributed by atoms with E-state index in [0.29, 0.717) is 23.7 Å². The summed E-state index contributed by atoms with van der Waals surface area (Å²) in [4.78, 5) is 35.3. The lowest BCUT2D eigenvalue weighted by molar-refractivity contribution is -0.127. The second-order valence-electron chi connectivity index (χ2n) is 5.34. The highest BCUT2D eigenvalue weighted by Gasteiger charge is 2.09. The maximum Gasteiger partial charge on any atom is 0.269 e. The molecule has 0 aromatic heterocycles. The lowest BCUT2D eigenvalue weighted by Crippen LogP contribution is -2.46. The fourth-order valence-electron chi connectivity index (χ4n) is 2.01. The van der Waals surface area contributed by atoms with Crippen molar-refractivity contribution in [2.24, 2.45) is 0 Å². The molecule has 3 amide bonds. The fraction of sp³-hybridized carbons (Fsp3) is 0.211. The van der Waals surface area contributed by atoms with E-state index in [2.05, 4.69) is 16.2 Å². The highest BCUT2D eigenvalue weighted by molar-refractivity contribution is 5.95. The Hall–Kier alpha value is -3.55. The Morgan fingerprint density at radius 1 is 0.815 bits per heavy atom. The summed E-state index contributed by atoms with van der Waals surface area (Å²) in [5.74, 6) is -0.294. The van der Waals surface area contributed by atoms with Crippen molar-refractivity contribution in [3.8, 4) is 11.5 Å². The van der Waals surface area contributed by atoms with E-state index in [9.17, 15) is 14.4 Å². The first-order valence-corrected chi connectivity index (χ1v) is 8.35. The van der Waals surface area contributed by atoms with Gasteiger partial charge in [-0.1, -0.05) is 18.2 Å². The van der Waals surface area contributed by atoms with Gasteiger partial charge in [0.2, 0.25) is 0 Å². The van der Waals surface area contributed by atoms with Crippen LogP contribution in [-0.4, -0.2) is 37.5 Å². The van der Waals surface area contributed by atoms with Crippen molar-refractivity contribution in [1.82, 2.24) is 16.2 Å². The summed E-state index contributed by atoms with van der Waals surface area (Å²) in [5, 5.41) is 2.39. The van der Waals surface area contributed by atoms with Gasteiger partial charge in [0.15, 0.2) is 6.61 Å². The molecule has 0 aliphatic rings. The fourth-order valence-corrected chi connectivity index (χ4v) is 2.01. The Morgan fingerprint density at radius 2 is 1.48 bits per heavy atom. The molecule has 2 aromatic rings. The van der Waals surface area contributed by atoms with Crippen molar-refractivity contribution in [3.05, 3.63) is 60.2 Å². The topological polar surface area (TPSA) is 106 Å². The number of rotatable bonds is 8. The van der Waals surface area contributed by atoms with Crippen molar-refractivity contribution in [2.75, 3.05) is 19.8 Å². The third kappa shape index (κ3) is 7.07. The zero-order chi connectivity index (χ0) is 19.5. The largest absolute Gasteiger partial charge is 0.494 e. The highest BCUT2D eigenvalue weighted by atomic mass is 16.5. The number of para-hydroxylation sites is 1. The van der Waals surface area contributed by atoms with Crippen LogP contribution in [0.4, 0.5) is 0 Å². The van der Waals surface area contributed by atoms with Crippen LogP contribution >= 0.6 is 0 Å². The Labute approximate surface area is 156 Å². The van der Waals surface area contributed by atoms with E-state index in [1.165, 1.54) is 0 Å². The van der Waals surface area contributed by atoms with Crippen LogP contribution in [0.1, 0.15) is 17.3 Å². The predicted octanol–water partition coefficient (Wildman–Crippen LogP) is 1.04. The zero-order valence-electron chi connectivity index (χ0n) is 14.9. The van der Waals surface area contributed by atoms with Gasteiger partial charge in [-0.25, -0.2) is 0 Å². The van der Waals surface area contributed by atoms with Crippen LogP contribution in [0.25, 0.3) is 0 Å². The second-order valence-corrected chi connectivity index (χ2v) is 5.34. The first-order valence-electron chi connectivity index (χ1n) is 8.35. The Kier molecular flexibility index (Phi) is 7.65. The van der Waals surface area contributed by atoms with E-state index < -0.39 is 17.7 Å². The second kappa shape index (κ2) is 10.4. The van der Waals surface area contributed by atoms with Crippen molar-refractivity contribution < 1.29 is 23.9 Å². The number of hydrogen-bond donors (Lipinski definition) is 3. The van der Waals surface area contributed by atoms with Gasteiger partial charge in [0.25, 0.3) is 17.7 Å². The van der Waals surface area contributed by atoms with Gasteiger partial charge in [0.05, 0.1) is 13.2 Å². The van der Waals surface area contributed by atoms with E-state index in [1.807, 2.05) is 13.0 Å². The van der Waals surface area contributed by atoms with E-state index in [0.717, 1.165) is 0 Å². The van der Waals surface area contributed by atoms with E-state index in [4.69, 9.17) is 9.47 Å². The van der Waals surface area contributed by atoms with Gasteiger partial charge >= 0.3 is 0 Å². The minimum Gasteiger partial charge on any atom is -0.494 e. The van der Waals surface area contributed by atoms with E-state index >= 15 is 0 Å². The molecule has 142 valence electrons. The molecular weight excluding hydrogens is 350 g/mol. The molecule has 3 N–H and O–H groups in total. The molecule has 0 aliphatic carbocycles. The number of benzene rings is 2. The SMILES string of the molecule is CCOc1ccc(C(=O)NNC(=O)CNC(=O)COc2ccccc2)cc1. The zero-order valence-corrected chi connectivity index (χ0v) is 14.9. The van der Waals surface area contributed by atoms with Crippen LogP contribution in [-0.2, 0) is 9.59 Å². The van der Waals surface area contributed by atoms with Gasteiger partial charge in [0, 0.05) is 5.56 Å². The lowest BCUT2D eigenvalue weighted by atomic mass is 10.2. The summed E-state index contributed by atoms with van der Waals surface area (Å²) >= 11 is 0. The van der Waals surface area contributed by atoms with Crippen molar-refractivity contribution in [1.29, 1.82) is 0 Å². The van der Waals surface area contributed by atoms with E-state index in [-0.39, 0.29) is 13.2 Å². The molecule has 2 rings (SSSR count). The molecule has 0 saturated heterocycles. The van der Waals surface area contributed by atoms with Crippen LogP contribution in [0.2, 0.25) is 0 Å². The number of ether oxygens (including phenoxy) is 2. The van der Waals surface area contributed by atoms with Gasteiger partial charge in [-0.05, 0) is 43.3 Å². The third-order valence-electron chi connectivity index (χ3n) is 3.30. The summed E-state index contributed by atoms with van der Waals surface area (Å²) < 4.78 is 10.5. The van der Waals surface area contributed by atoms with Crippen LogP contribution < -0.4 is 25.6 Å². The standard InChI is InChI=1S/C19H21N3O5/c1-2-26-16-10-8-14(9-11-16)19(25)22-21-17(23)12-20-18(24)13-27-15-6-4-3-5-7-15/h3-11H,2,12-13H2,1H3,(H,20,24)(H,21,23)(H,22,25). The molecule has 0 spiro atoms. The van der Waals surface area contributed by atoms with Crippen LogP contribution in [0.5, 0.6) is 11.5 Å². The average Bonchev–Trinajstić information content (AvgIpc) is 2.70.